The summed E-state index contributed by atoms with van der Waals surface area (Å²) in [5.41, 5.74) is -0.157. The minimum atomic E-state index is -0.389. The first-order chi connectivity index (χ1) is 7.00. The van der Waals surface area contributed by atoms with Gasteiger partial charge in [-0.2, -0.15) is 0 Å². The molecule has 0 aliphatic heterocycles. The van der Waals surface area contributed by atoms with E-state index in [1.165, 1.54) is 4.57 Å². The van der Waals surface area contributed by atoms with Crippen molar-refractivity contribution >= 4 is 5.82 Å². The zero-order valence-electron chi connectivity index (χ0n) is 9.27. The summed E-state index contributed by atoms with van der Waals surface area (Å²) in [7, 11) is 1.68. The van der Waals surface area contributed by atoms with Gasteiger partial charge in [-0.1, -0.05) is 0 Å². The van der Waals surface area contributed by atoms with E-state index in [0.717, 1.165) is 0 Å². The molecule has 0 aliphatic rings. The molecule has 0 saturated carbocycles. The fourth-order valence-electron chi connectivity index (χ4n) is 1.40. The lowest BCUT2D eigenvalue weighted by Crippen LogP contribution is -2.28. The highest BCUT2D eigenvalue weighted by Crippen LogP contribution is 2.02. The molecule has 84 valence electrons. The second kappa shape index (κ2) is 4.93. The standard InChI is InChI=1S/C10H17N3O2/c1-7(6-8(2)14)12-9-10(15)13(3)5-4-11-9/h4-5,7-8,14H,6H2,1-3H3,(H,11,12). The van der Waals surface area contributed by atoms with E-state index in [1.54, 1.807) is 26.4 Å². The maximum atomic E-state index is 11.6. The van der Waals surface area contributed by atoms with E-state index in [4.69, 9.17) is 0 Å². The Morgan fingerprint density at radius 1 is 1.60 bits per heavy atom. The number of nitrogens with zero attached hydrogens (tertiary/aromatic N) is 2. The van der Waals surface area contributed by atoms with Crippen LogP contribution in [0.4, 0.5) is 5.82 Å². The van der Waals surface area contributed by atoms with Gasteiger partial charge in [0.2, 0.25) is 0 Å². The topological polar surface area (TPSA) is 67.2 Å². The van der Waals surface area contributed by atoms with Crippen molar-refractivity contribution in [1.29, 1.82) is 0 Å². The van der Waals surface area contributed by atoms with Gasteiger partial charge in [0.05, 0.1) is 6.10 Å². The third kappa shape index (κ3) is 3.36. The van der Waals surface area contributed by atoms with Crippen molar-refractivity contribution in [3.8, 4) is 0 Å². The highest BCUT2D eigenvalue weighted by atomic mass is 16.3. The first kappa shape index (κ1) is 11.7. The Hall–Kier alpha value is -1.36. The number of hydrogen-bond donors (Lipinski definition) is 2. The molecule has 0 amide bonds. The van der Waals surface area contributed by atoms with Gasteiger partial charge >= 0.3 is 0 Å². The van der Waals surface area contributed by atoms with Crippen LogP contribution in [0.1, 0.15) is 20.3 Å². The van der Waals surface area contributed by atoms with E-state index in [-0.39, 0.29) is 17.7 Å². The maximum Gasteiger partial charge on any atom is 0.293 e. The molecular formula is C10H17N3O2. The zero-order chi connectivity index (χ0) is 11.4. The molecule has 0 aromatic carbocycles. The summed E-state index contributed by atoms with van der Waals surface area (Å²) in [5.74, 6) is 0.327. The Labute approximate surface area is 88.8 Å². The molecule has 1 heterocycles. The molecule has 15 heavy (non-hydrogen) atoms. The normalized spacial score (nSPS) is 14.7. The summed E-state index contributed by atoms with van der Waals surface area (Å²) < 4.78 is 1.46. The van der Waals surface area contributed by atoms with Crippen LogP contribution in [0.5, 0.6) is 0 Å². The fraction of sp³-hybridized carbons (Fsp3) is 0.600. The van der Waals surface area contributed by atoms with Crippen LogP contribution >= 0.6 is 0 Å². The lowest BCUT2D eigenvalue weighted by Gasteiger charge is -2.15. The highest BCUT2D eigenvalue weighted by Gasteiger charge is 2.09. The second-order valence-corrected chi connectivity index (χ2v) is 3.82. The summed E-state index contributed by atoms with van der Waals surface area (Å²) in [6.45, 7) is 3.62. The number of aromatic nitrogens is 2. The average Bonchev–Trinajstić information content (AvgIpc) is 2.11. The Balaban J connectivity index is 2.73. The van der Waals surface area contributed by atoms with Gasteiger partial charge in [-0.15, -0.1) is 0 Å². The van der Waals surface area contributed by atoms with Gasteiger partial charge in [-0.05, 0) is 20.3 Å². The van der Waals surface area contributed by atoms with E-state index >= 15 is 0 Å². The van der Waals surface area contributed by atoms with Gasteiger partial charge in [-0.25, -0.2) is 4.98 Å². The summed E-state index contributed by atoms with van der Waals surface area (Å²) >= 11 is 0. The van der Waals surface area contributed by atoms with Crippen molar-refractivity contribution in [1.82, 2.24) is 9.55 Å². The first-order valence-electron chi connectivity index (χ1n) is 4.97. The zero-order valence-corrected chi connectivity index (χ0v) is 9.27. The molecule has 2 atom stereocenters. The van der Waals surface area contributed by atoms with Crippen LogP contribution in [0.15, 0.2) is 17.2 Å². The second-order valence-electron chi connectivity index (χ2n) is 3.82. The molecule has 0 aliphatic carbocycles. The molecule has 2 unspecified atom stereocenters. The summed E-state index contributed by atoms with van der Waals surface area (Å²) in [5, 5.41) is 12.2. The highest BCUT2D eigenvalue weighted by molar-refractivity contribution is 5.31. The summed E-state index contributed by atoms with van der Waals surface area (Å²) in [6, 6.07) is 0.0209. The SMILES string of the molecule is CC(O)CC(C)Nc1nccn(C)c1=O. The molecule has 1 rings (SSSR count). The lowest BCUT2D eigenvalue weighted by atomic mass is 10.1. The first-order valence-corrected chi connectivity index (χ1v) is 4.97. The summed E-state index contributed by atoms with van der Waals surface area (Å²) in [6.07, 6.45) is 3.37. The van der Waals surface area contributed by atoms with Crippen molar-refractivity contribution in [3.63, 3.8) is 0 Å². The molecule has 1 aromatic rings. The van der Waals surface area contributed by atoms with Gasteiger partial charge in [0.1, 0.15) is 0 Å². The van der Waals surface area contributed by atoms with Gasteiger partial charge in [0, 0.05) is 25.5 Å². The number of nitrogens with one attached hydrogen (secondary N) is 1. The van der Waals surface area contributed by atoms with Crippen molar-refractivity contribution in [2.45, 2.75) is 32.4 Å². The molecule has 5 nitrogen and oxygen atoms in total. The predicted octanol–water partition coefficient (Wildman–Crippen LogP) is 0.352. The molecule has 0 saturated heterocycles. The largest absolute Gasteiger partial charge is 0.393 e. The van der Waals surface area contributed by atoms with Gasteiger partial charge in [-0.3, -0.25) is 4.79 Å². The van der Waals surface area contributed by atoms with Crippen molar-refractivity contribution in [3.05, 3.63) is 22.7 Å². The van der Waals surface area contributed by atoms with Crippen LogP contribution < -0.4 is 10.9 Å². The van der Waals surface area contributed by atoms with Gasteiger partial charge < -0.3 is 15.0 Å². The molecule has 0 bridgehead atoms. The minimum Gasteiger partial charge on any atom is -0.393 e. The molecule has 1 aromatic heterocycles. The molecule has 0 fully saturated rings. The van der Waals surface area contributed by atoms with E-state index in [9.17, 15) is 9.90 Å². The average molecular weight is 211 g/mol. The maximum absolute atomic E-state index is 11.6. The van der Waals surface area contributed by atoms with Crippen molar-refractivity contribution in [2.75, 3.05) is 5.32 Å². The lowest BCUT2D eigenvalue weighted by molar-refractivity contribution is 0.179. The van der Waals surface area contributed by atoms with Crippen LogP contribution in [0, 0.1) is 0 Å². The van der Waals surface area contributed by atoms with Crippen LogP contribution in [-0.2, 0) is 7.05 Å². The number of aliphatic hydroxyl groups is 1. The monoisotopic (exact) mass is 211 g/mol. The Morgan fingerprint density at radius 3 is 2.87 bits per heavy atom. The third-order valence-corrected chi connectivity index (χ3v) is 2.09. The van der Waals surface area contributed by atoms with Gasteiger partial charge in [0.15, 0.2) is 5.82 Å². The van der Waals surface area contributed by atoms with Crippen LogP contribution in [0.25, 0.3) is 0 Å². The predicted molar refractivity (Wildman–Crippen MR) is 58.9 cm³/mol. The molecule has 0 radical (unpaired) electrons. The van der Waals surface area contributed by atoms with E-state index in [0.29, 0.717) is 12.2 Å². The summed E-state index contributed by atoms with van der Waals surface area (Å²) in [4.78, 5) is 15.5. The number of aryl methyl sites for hydroxylation is 1. The minimum absolute atomic E-state index is 0.0209. The van der Waals surface area contributed by atoms with Crippen molar-refractivity contribution < 1.29 is 5.11 Å². The molecule has 2 N–H and O–H groups in total. The van der Waals surface area contributed by atoms with E-state index < -0.39 is 0 Å². The Bertz CT molecular complexity index is 373. The van der Waals surface area contributed by atoms with E-state index in [2.05, 4.69) is 10.3 Å². The smallest absolute Gasteiger partial charge is 0.293 e. The van der Waals surface area contributed by atoms with Crippen LogP contribution in [0.3, 0.4) is 0 Å². The fourth-order valence-corrected chi connectivity index (χ4v) is 1.40. The molecule has 5 heteroatoms. The van der Waals surface area contributed by atoms with Gasteiger partial charge in [0.25, 0.3) is 5.56 Å². The van der Waals surface area contributed by atoms with Crippen LogP contribution in [-0.4, -0.2) is 26.8 Å². The van der Waals surface area contributed by atoms with Crippen molar-refractivity contribution in [2.24, 2.45) is 7.05 Å². The number of anilines is 1. The molecular weight excluding hydrogens is 194 g/mol. The Morgan fingerprint density at radius 2 is 2.27 bits per heavy atom. The quantitative estimate of drug-likeness (QED) is 0.754. The van der Waals surface area contributed by atoms with Crippen LogP contribution in [0.2, 0.25) is 0 Å². The number of rotatable bonds is 4. The molecule has 0 spiro atoms. The number of aliphatic hydroxyl groups excluding tert-OH is 1. The number of hydrogen-bond acceptors (Lipinski definition) is 4. The Kier molecular flexibility index (Phi) is 3.85. The third-order valence-electron chi connectivity index (χ3n) is 2.09. The van der Waals surface area contributed by atoms with E-state index in [1.807, 2.05) is 6.92 Å².